The zero-order valence-electron chi connectivity index (χ0n) is 8.13. The molecule has 0 unspecified atom stereocenters. The van der Waals surface area contributed by atoms with Crippen molar-refractivity contribution in [2.45, 2.75) is 25.9 Å². The van der Waals surface area contributed by atoms with E-state index < -0.39 is 5.60 Å². The fraction of sp³-hybridized carbons (Fsp3) is 0.364. The molecule has 0 N–H and O–H groups in total. The summed E-state index contributed by atoms with van der Waals surface area (Å²) in [7, 11) is 0. The van der Waals surface area contributed by atoms with Crippen molar-refractivity contribution in [3.63, 3.8) is 0 Å². The van der Waals surface area contributed by atoms with Crippen LogP contribution in [0.3, 0.4) is 0 Å². The molecule has 1 aromatic rings. The van der Waals surface area contributed by atoms with Crippen LogP contribution < -0.4 is 0 Å². The Kier molecular flexibility index (Phi) is 1.84. The molecule has 0 saturated carbocycles. The van der Waals surface area contributed by atoms with Crippen LogP contribution in [0, 0.1) is 5.82 Å². The standard InChI is InChI=1S/C11H11FO2/c1-11(2)6-7-5-8(12)3-4-9(7)10(13)14-11/h3-5H,6H2,1-2H3. The first-order valence-corrected chi connectivity index (χ1v) is 4.50. The highest BCUT2D eigenvalue weighted by atomic mass is 19.1. The monoisotopic (exact) mass is 194 g/mol. The van der Waals surface area contributed by atoms with Crippen LogP contribution in [0.15, 0.2) is 18.2 Å². The van der Waals surface area contributed by atoms with Gasteiger partial charge in [0.25, 0.3) is 0 Å². The Hall–Kier alpha value is -1.38. The minimum Gasteiger partial charge on any atom is -0.456 e. The van der Waals surface area contributed by atoms with Crippen molar-refractivity contribution in [1.82, 2.24) is 0 Å². The normalized spacial score (nSPS) is 18.6. The summed E-state index contributed by atoms with van der Waals surface area (Å²) in [5.74, 6) is -0.675. The van der Waals surface area contributed by atoms with Crippen LogP contribution in [0.4, 0.5) is 4.39 Å². The highest BCUT2D eigenvalue weighted by Crippen LogP contribution is 2.27. The van der Waals surface area contributed by atoms with Gasteiger partial charge in [-0.2, -0.15) is 0 Å². The van der Waals surface area contributed by atoms with E-state index in [2.05, 4.69) is 0 Å². The Labute approximate surface area is 81.7 Å². The first-order chi connectivity index (χ1) is 6.48. The van der Waals surface area contributed by atoms with Crippen molar-refractivity contribution in [2.24, 2.45) is 0 Å². The summed E-state index contributed by atoms with van der Waals surface area (Å²) in [5, 5.41) is 0. The third-order valence-corrected chi connectivity index (χ3v) is 2.27. The zero-order chi connectivity index (χ0) is 10.3. The van der Waals surface area contributed by atoms with E-state index in [1.807, 2.05) is 13.8 Å². The molecule has 0 aromatic heterocycles. The number of hydrogen-bond donors (Lipinski definition) is 0. The molecule has 0 spiro atoms. The Balaban J connectivity index is 2.51. The van der Waals surface area contributed by atoms with Gasteiger partial charge < -0.3 is 4.74 Å². The molecule has 0 bridgehead atoms. The van der Waals surface area contributed by atoms with Crippen LogP contribution in [0.25, 0.3) is 0 Å². The van der Waals surface area contributed by atoms with Crippen LogP contribution in [-0.2, 0) is 11.2 Å². The molecular formula is C11H11FO2. The van der Waals surface area contributed by atoms with E-state index >= 15 is 0 Å². The van der Waals surface area contributed by atoms with E-state index in [0.29, 0.717) is 12.0 Å². The van der Waals surface area contributed by atoms with Crippen molar-refractivity contribution in [3.8, 4) is 0 Å². The fourth-order valence-corrected chi connectivity index (χ4v) is 1.71. The average molecular weight is 194 g/mol. The number of halogens is 1. The molecule has 2 rings (SSSR count). The predicted octanol–water partition coefficient (Wildman–Crippen LogP) is 2.32. The molecule has 0 fully saturated rings. The molecule has 1 heterocycles. The number of hydrogen-bond acceptors (Lipinski definition) is 2. The lowest BCUT2D eigenvalue weighted by atomic mass is 9.91. The lowest BCUT2D eigenvalue weighted by Gasteiger charge is -2.30. The summed E-state index contributed by atoms with van der Waals surface area (Å²) >= 11 is 0. The lowest BCUT2D eigenvalue weighted by molar-refractivity contribution is -0.00651. The van der Waals surface area contributed by atoms with Gasteiger partial charge >= 0.3 is 5.97 Å². The number of benzene rings is 1. The number of carbonyl (C=O) groups is 1. The van der Waals surface area contributed by atoms with Gasteiger partial charge in [0.2, 0.25) is 0 Å². The molecule has 0 aliphatic carbocycles. The van der Waals surface area contributed by atoms with Crippen molar-refractivity contribution in [1.29, 1.82) is 0 Å². The molecule has 2 nitrogen and oxygen atoms in total. The van der Waals surface area contributed by atoms with Gasteiger partial charge in [0.05, 0.1) is 5.56 Å². The Morgan fingerprint density at radius 3 is 2.86 bits per heavy atom. The van der Waals surface area contributed by atoms with E-state index in [0.717, 1.165) is 5.56 Å². The van der Waals surface area contributed by atoms with Crippen LogP contribution in [0.1, 0.15) is 29.8 Å². The second-order valence-electron chi connectivity index (χ2n) is 4.13. The van der Waals surface area contributed by atoms with Gasteiger partial charge in [-0.05, 0) is 37.6 Å². The topological polar surface area (TPSA) is 26.3 Å². The van der Waals surface area contributed by atoms with Crippen molar-refractivity contribution in [2.75, 3.05) is 0 Å². The predicted molar refractivity (Wildman–Crippen MR) is 49.6 cm³/mol. The summed E-state index contributed by atoms with van der Waals surface area (Å²) in [6.45, 7) is 3.64. The zero-order valence-corrected chi connectivity index (χ0v) is 8.13. The van der Waals surface area contributed by atoms with Gasteiger partial charge in [-0.1, -0.05) is 0 Å². The van der Waals surface area contributed by atoms with E-state index in [-0.39, 0.29) is 11.8 Å². The van der Waals surface area contributed by atoms with E-state index in [1.54, 1.807) is 0 Å². The second kappa shape index (κ2) is 2.80. The number of fused-ring (bicyclic) bond motifs is 1. The maximum absolute atomic E-state index is 12.9. The summed E-state index contributed by atoms with van der Waals surface area (Å²) in [5.41, 5.74) is 0.676. The van der Waals surface area contributed by atoms with Crippen LogP contribution in [-0.4, -0.2) is 11.6 Å². The van der Waals surface area contributed by atoms with Gasteiger partial charge in [-0.3, -0.25) is 0 Å². The van der Waals surface area contributed by atoms with Gasteiger partial charge in [0, 0.05) is 6.42 Å². The lowest BCUT2D eigenvalue weighted by Crippen LogP contribution is -2.35. The molecule has 74 valence electrons. The maximum atomic E-state index is 12.9. The van der Waals surface area contributed by atoms with Gasteiger partial charge in [-0.25, -0.2) is 9.18 Å². The number of rotatable bonds is 0. The van der Waals surface area contributed by atoms with Gasteiger partial charge in [0.15, 0.2) is 0 Å². The molecule has 0 saturated heterocycles. The number of carbonyl (C=O) groups excluding carboxylic acids is 1. The molecule has 1 aliphatic rings. The second-order valence-corrected chi connectivity index (χ2v) is 4.13. The Bertz CT molecular complexity index is 396. The molecule has 0 atom stereocenters. The van der Waals surface area contributed by atoms with Crippen LogP contribution in [0.2, 0.25) is 0 Å². The molecule has 14 heavy (non-hydrogen) atoms. The molecule has 1 aliphatic heterocycles. The van der Waals surface area contributed by atoms with Crippen LogP contribution in [0.5, 0.6) is 0 Å². The number of ether oxygens (including phenoxy) is 1. The van der Waals surface area contributed by atoms with Crippen LogP contribution >= 0.6 is 0 Å². The molecule has 3 heteroatoms. The molecular weight excluding hydrogens is 183 g/mol. The van der Waals surface area contributed by atoms with E-state index in [1.165, 1.54) is 18.2 Å². The summed E-state index contributed by atoms with van der Waals surface area (Å²) in [6.07, 6.45) is 0.561. The maximum Gasteiger partial charge on any atom is 0.338 e. The Morgan fingerprint density at radius 2 is 2.14 bits per heavy atom. The summed E-state index contributed by atoms with van der Waals surface area (Å²) < 4.78 is 18.1. The van der Waals surface area contributed by atoms with Crippen molar-refractivity contribution in [3.05, 3.63) is 35.1 Å². The third kappa shape index (κ3) is 1.50. The quantitative estimate of drug-likeness (QED) is 0.592. The van der Waals surface area contributed by atoms with Gasteiger partial charge in [-0.15, -0.1) is 0 Å². The minimum absolute atomic E-state index is 0.311. The van der Waals surface area contributed by atoms with E-state index in [4.69, 9.17) is 4.74 Å². The summed E-state index contributed by atoms with van der Waals surface area (Å²) in [6, 6.07) is 4.15. The van der Waals surface area contributed by atoms with Gasteiger partial charge in [0.1, 0.15) is 11.4 Å². The van der Waals surface area contributed by atoms with E-state index in [9.17, 15) is 9.18 Å². The largest absolute Gasteiger partial charge is 0.456 e. The highest BCUT2D eigenvalue weighted by molar-refractivity contribution is 5.92. The molecule has 0 radical (unpaired) electrons. The number of cyclic esters (lactones) is 1. The number of esters is 1. The third-order valence-electron chi connectivity index (χ3n) is 2.27. The fourth-order valence-electron chi connectivity index (χ4n) is 1.71. The molecule has 0 amide bonds. The SMILES string of the molecule is CC1(C)Cc2cc(F)ccc2C(=O)O1. The average Bonchev–Trinajstić information content (AvgIpc) is 2.00. The first kappa shape index (κ1) is 9.19. The highest BCUT2D eigenvalue weighted by Gasteiger charge is 2.32. The summed E-state index contributed by atoms with van der Waals surface area (Å²) in [4.78, 5) is 11.5. The van der Waals surface area contributed by atoms with Crippen molar-refractivity contribution < 1.29 is 13.9 Å². The minimum atomic E-state index is -0.530. The molecule has 1 aromatic carbocycles. The smallest absolute Gasteiger partial charge is 0.338 e. The first-order valence-electron chi connectivity index (χ1n) is 4.50. The Morgan fingerprint density at radius 1 is 1.43 bits per heavy atom. The van der Waals surface area contributed by atoms with Crippen molar-refractivity contribution >= 4 is 5.97 Å².